The number of aromatic nitrogens is 1. The molecule has 0 bridgehead atoms. The van der Waals surface area contributed by atoms with E-state index in [1.807, 2.05) is 41.1 Å². The van der Waals surface area contributed by atoms with Gasteiger partial charge in [0.2, 0.25) is 0 Å². The molecule has 2 heterocycles. The number of aryl methyl sites for hydroxylation is 1. The Morgan fingerprint density at radius 3 is 2.68 bits per heavy atom. The SMILES string of the molecule is Cc1cccc(CNC(=O)c2cc3scc(Br)c3n2Cc2ccc(F)cc2)c1. The Hall–Kier alpha value is -2.44. The summed E-state index contributed by atoms with van der Waals surface area (Å²) in [5, 5.41) is 5.03. The lowest BCUT2D eigenvalue weighted by molar-refractivity contribution is 0.0942. The van der Waals surface area contributed by atoms with Crippen LogP contribution in [0.15, 0.2) is 64.5 Å². The second-order valence-electron chi connectivity index (χ2n) is 6.71. The number of fused-ring (bicyclic) bond motifs is 1. The largest absolute Gasteiger partial charge is 0.347 e. The van der Waals surface area contributed by atoms with Crippen LogP contribution in [0.25, 0.3) is 10.2 Å². The van der Waals surface area contributed by atoms with E-state index in [0.717, 1.165) is 31.4 Å². The number of carbonyl (C=O) groups excluding carboxylic acids is 1. The van der Waals surface area contributed by atoms with Crippen molar-refractivity contribution in [1.82, 2.24) is 9.88 Å². The molecule has 2 aromatic heterocycles. The molecule has 0 aliphatic carbocycles. The van der Waals surface area contributed by atoms with Gasteiger partial charge in [-0.15, -0.1) is 11.3 Å². The van der Waals surface area contributed by atoms with Gasteiger partial charge in [0.1, 0.15) is 11.5 Å². The number of nitrogens with zero attached hydrogens (tertiary/aromatic N) is 1. The number of rotatable bonds is 5. The number of hydrogen-bond donors (Lipinski definition) is 1. The molecule has 142 valence electrons. The first-order valence-electron chi connectivity index (χ1n) is 8.85. The molecular formula is C22H18BrFN2OS. The summed E-state index contributed by atoms with van der Waals surface area (Å²) in [6, 6.07) is 16.4. The van der Waals surface area contributed by atoms with Crippen LogP contribution in [0, 0.1) is 12.7 Å². The molecule has 4 rings (SSSR count). The second kappa shape index (κ2) is 7.89. The van der Waals surface area contributed by atoms with Gasteiger partial charge >= 0.3 is 0 Å². The quantitative estimate of drug-likeness (QED) is 0.398. The minimum atomic E-state index is -0.269. The highest BCUT2D eigenvalue weighted by atomic mass is 79.9. The zero-order valence-corrected chi connectivity index (χ0v) is 17.6. The summed E-state index contributed by atoms with van der Waals surface area (Å²) in [5.74, 6) is -0.395. The van der Waals surface area contributed by atoms with Gasteiger partial charge in [0.15, 0.2) is 0 Å². The third-order valence-electron chi connectivity index (χ3n) is 4.60. The van der Waals surface area contributed by atoms with Crippen LogP contribution in [-0.4, -0.2) is 10.5 Å². The lowest BCUT2D eigenvalue weighted by Gasteiger charge is -2.12. The third kappa shape index (κ3) is 3.88. The maximum absolute atomic E-state index is 13.3. The van der Waals surface area contributed by atoms with Crippen molar-refractivity contribution in [1.29, 1.82) is 0 Å². The van der Waals surface area contributed by atoms with Gasteiger partial charge in [0.05, 0.1) is 14.7 Å². The van der Waals surface area contributed by atoms with Crippen molar-refractivity contribution in [3.8, 4) is 0 Å². The third-order valence-corrected chi connectivity index (χ3v) is 6.43. The molecule has 3 nitrogen and oxygen atoms in total. The molecule has 1 N–H and O–H groups in total. The van der Waals surface area contributed by atoms with Gasteiger partial charge in [0, 0.05) is 18.5 Å². The van der Waals surface area contributed by atoms with E-state index >= 15 is 0 Å². The smallest absolute Gasteiger partial charge is 0.268 e. The topological polar surface area (TPSA) is 34.0 Å². The number of amides is 1. The van der Waals surface area contributed by atoms with Crippen molar-refractivity contribution in [2.24, 2.45) is 0 Å². The number of thiophene rings is 1. The van der Waals surface area contributed by atoms with Crippen LogP contribution in [0.5, 0.6) is 0 Å². The maximum Gasteiger partial charge on any atom is 0.268 e. The Morgan fingerprint density at radius 2 is 1.93 bits per heavy atom. The van der Waals surface area contributed by atoms with E-state index in [4.69, 9.17) is 0 Å². The molecule has 0 unspecified atom stereocenters. The molecule has 0 saturated carbocycles. The summed E-state index contributed by atoms with van der Waals surface area (Å²) in [6.45, 7) is 2.99. The molecule has 4 aromatic rings. The monoisotopic (exact) mass is 456 g/mol. The average Bonchev–Trinajstić information content (AvgIpc) is 3.22. The fraction of sp³-hybridized carbons (Fsp3) is 0.136. The minimum absolute atomic E-state index is 0.126. The van der Waals surface area contributed by atoms with E-state index in [2.05, 4.69) is 27.3 Å². The molecule has 0 spiro atoms. The summed E-state index contributed by atoms with van der Waals surface area (Å²) in [7, 11) is 0. The summed E-state index contributed by atoms with van der Waals surface area (Å²) in [5.41, 5.74) is 4.74. The summed E-state index contributed by atoms with van der Waals surface area (Å²) in [6.07, 6.45) is 0. The molecular weight excluding hydrogens is 439 g/mol. The minimum Gasteiger partial charge on any atom is -0.347 e. The Balaban J connectivity index is 1.64. The van der Waals surface area contributed by atoms with E-state index < -0.39 is 0 Å². The molecule has 0 atom stereocenters. The highest BCUT2D eigenvalue weighted by Gasteiger charge is 2.19. The zero-order valence-electron chi connectivity index (χ0n) is 15.2. The van der Waals surface area contributed by atoms with Gasteiger partial charge in [0.25, 0.3) is 5.91 Å². The van der Waals surface area contributed by atoms with Crippen molar-refractivity contribution in [3.63, 3.8) is 0 Å². The van der Waals surface area contributed by atoms with Crippen molar-refractivity contribution in [2.75, 3.05) is 0 Å². The summed E-state index contributed by atoms with van der Waals surface area (Å²) in [4.78, 5) is 12.9. The molecule has 1 amide bonds. The van der Waals surface area contributed by atoms with Gasteiger partial charge in [-0.2, -0.15) is 0 Å². The molecule has 28 heavy (non-hydrogen) atoms. The van der Waals surface area contributed by atoms with E-state index in [0.29, 0.717) is 18.8 Å². The Bertz CT molecular complexity index is 1150. The van der Waals surface area contributed by atoms with Crippen LogP contribution in [0.2, 0.25) is 0 Å². The van der Waals surface area contributed by atoms with Crippen LogP contribution >= 0.6 is 27.3 Å². The maximum atomic E-state index is 13.3. The van der Waals surface area contributed by atoms with Crippen molar-refractivity contribution >= 4 is 43.4 Å². The average molecular weight is 457 g/mol. The lowest BCUT2D eigenvalue weighted by atomic mass is 10.1. The van der Waals surface area contributed by atoms with E-state index in [9.17, 15) is 9.18 Å². The highest BCUT2D eigenvalue weighted by molar-refractivity contribution is 9.10. The number of benzene rings is 2. The summed E-state index contributed by atoms with van der Waals surface area (Å²) >= 11 is 5.17. The van der Waals surface area contributed by atoms with Gasteiger partial charge in [-0.05, 0) is 52.2 Å². The highest BCUT2D eigenvalue weighted by Crippen LogP contribution is 2.33. The fourth-order valence-electron chi connectivity index (χ4n) is 3.25. The van der Waals surface area contributed by atoms with Crippen LogP contribution < -0.4 is 5.32 Å². The van der Waals surface area contributed by atoms with E-state index in [-0.39, 0.29) is 11.7 Å². The predicted molar refractivity (Wildman–Crippen MR) is 115 cm³/mol. The van der Waals surface area contributed by atoms with Gasteiger partial charge in [-0.1, -0.05) is 42.0 Å². The van der Waals surface area contributed by atoms with Crippen LogP contribution in [0.4, 0.5) is 4.39 Å². The second-order valence-corrected chi connectivity index (χ2v) is 8.48. The Morgan fingerprint density at radius 1 is 1.14 bits per heavy atom. The Kier molecular flexibility index (Phi) is 5.33. The molecule has 0 fully saturated rings. The summed E-state index contributed by atoms with van der Waals surface area (Å²) < 4.78 is 17.2. The van der Waals surface area contributed by atoms with Crippen molar-refractivity contribution < 1.29 is 9.18 Å². The first-order valence-corrected chi connectivity index (χ1v) is 10.5. The van der Waals surface area contributed by atoms with Crippen LogP contribution in [0.1, 0.15) is 27.2 Å². The standard InChI is InChI=1S/C22H18BrFN2OS/c1-14-3-2-4-16(9-14)11-25-22(27)19-10-20-21(18(23)13-28-20)26(19)12-15-5-7-17(24)8-6-15/h2-10,13H,11-12H2,1H3,(H,25,27). The van der Waals surface area contributed by atoms with Crippen LogP contribution in [-0.2, 0) is 13.1 Å². The van der Waals surface area contributed by atoms with E-state index in [1.165, 1.54) is 12.1 Å². The molecule has 0 aliphatic heterocycles. The first kappa shape index (κ1) is 18.9. The van der Waals surface area contributed by atoms with E-state index in [1.54, 1.807) is 23.5 Å². The number of hydrogen-bond acceptors (Lipinski definition) is 2. The number of carbonyl (C=O) groups is 1. The van der Waals surface area contributed by atoms with Crippen LogP contribution in [0.3, 0.4) is 0 Å². The molecule has 6 heteroatoms. The van der Waals surface area contributed by atoms with Gasteiger partial charge in [-0.25, -0.2) is 4.39 Å². The predicted octanol–water partition coefficient (Wildman–Crippen LogP) is 5.89. The lowest BCUT2D eigenvalue weighted by Crippen LogP contribution is -2.25. The molecule has 0 aliphatic rings. The van der Waals surface area contributed by atoms with Crippen molar-refractivity contribution in [3.05, 3.63) is 92.7 Å². The first-order chi connectivity index (χ1) is 13.5. The zero-order chi connectivity index (χ0) is 19.7. The molecule has 0 saturated heterocycles. The normalized spacial score (nSPS) is 11.1. The number of nitrogens with one attached hydrogen (secondary N) is 1. The number of halogens is 2. The van der Waals surface area contributed by atoms with Gasteiger partial charge in [-0.3, -0.25) is 4.79 Å². The van der Waals surface area contributed by atoms with Gasteiger partial charge < -0.3 is 9.88 Å². The molecule has 2 aromatic carbocycles. The Labute approximate surface area is 174 Å². The fourth-order valence-corrected chi connectivity index (χ4v) is 4.94. The van der Waals surface area contributed by atoms with Crippen molar-refractivity contribution in [2.45, 2.75) is 20.0 Å². The molecule has 0 radical (unpaired) electrons.